The van der Waals surface area contributed by atoms with Crippen LogP contribution in [0.4, 0.5) is 0 Å². The molecular formula is C5H6Cl2N2S. The Morgan fingerprint density at radius 3 is 2.90 bits per heavy atom. The third-order valence-corrected chi connectivity index (χ3v) is 2.70. The smallest absolute Gasteiger partial charge is 0.203 e. The zero-order valence-electron chi connectivity index (χ0n) is 5.27. The Morgan fingerprint density at radius 2 is 2.50 bits per heavy atom. The van der Waals surface area contributed by atoms with Crippen LogP contribution in [0, 0.1) is 0 Å². The third-order valence-electron chi connectivity index (χ3n) is 1.03. The fourth-order valence-corrected chi connectivity index (χ4v) is 1.35. The number of thioether (sulfide) groups is 1. The average molecular weight is 197 g/mol. The zero-order chi connectivity index (χ0) is 7.61. The molecule has 0 fully saturated rings. The monoisotopic (exact) mass is 196 g/mol. The van der Waals surface area contributed by atoms with Crippen molar-refractivity contribution in [1.82, 2.24) is 5.32 Å². The van der Waals surface area contributed by atoms with Gasteiger partial charge in [-0.2, -0.15) is 0 Å². The van der Waals surface area contributed by atoms with Gasteiger partial charge in [0, 0.05) is 6.20 Å². The molecule has 1 N–H and O–H groups in total. The van der Waals surface area contributed by atoms with E-state index in [2.05, 4.69) is 10.3 Å². The quantitative estimate of drug-likeness (QED) is 0.513. The molecule has 0 aromatic carbocycles. The number of aliphatic imine (C=N–C) groups is 1. The van der Waals surface area contributed by atoms with E-state index < -0.39 is 4.33 Å². The summed E-state index contributed by atoms with van der Waals surface area (Å²) in [5.74, 6) is 0. The highest BCUT2D eigenvalue weighted by Gasteiger charge is 2.23. The lowest BCUT2D eigenvalue weighted by atomic mass is 10.5. The first-order chi connectivity index (χ1) is 4.66. The van der Waals surface area contributed by atoms with Gasteiger partial charge in [0.15, 0.2) is 5.29 Å². The summed E-state index contributed by atoms with van der Waals surface area (Å²) in [6.07, 6.45) is 5.29. The summed E-state index contributed by atoms with van der Waals surface area (Å²) in [6, 6.07) is 0. The van der Waals surface area contributed by atoms with Gasteiger partial charge < -0.3 is 5.32 Å². The molecule has 1 atom stereocenters. The van der Waals surface area contributed by atoms with E-state index in [1.165, 1.54) is 11.8 Å². The molecule has 0 saturated heterocycles. The highest BCUT2D eigenvalue weighted by atomic mass is 35.5. The van der Waals surface area contributed by atoms with Crippen LogP contribution in [0.1, 0.15) is 0 Å². The first-order valence-electron chi connectivity index (χ1n) is 2.60. The maximum atomic E-state index is 5.92. The van der Waals surface area contributed by atoms with Gasteiger partial charge in [-0.1, -0.05) is 11.6 Å². The van der Waals surface area contributed by atoms with Crippen LogP contribution in [0.25, 0.3) is 0 Å². The molecule has 0 aromatic heterocycles. The van der Waals surface area contributed by atoms with E-state index in [0.29, 0.717) is 5.29 Å². The second-order valence-electron chi connectivity index (χ2n) is 1.69. The molecule has 0 saturated carbocycles. The van der Waals surface area contributed by atoms with Crippen LogP contribution in [0.15, 0.2) is 17.3 Å². The standard InChI is InChI=1S/C5H6Cl2N2S/c1-10-5(7)2-3-8-4(6)9-5/h2-3H,1H3,(H,8,9). The molecule has 0 bridgehead atoms. The van der Waals surface area contributed by atoms with Crippen molar-refractivity contribution >= 4 is 40.3 Å². The van der Waals surface area contributed by atoms with E-state index in [-0.39, 0.29) is 0 Å². The predicted octanol–water partition coefficient (Wildman–Crippen LogP) is 1.95. The maximum absolute atomic E-state index is 5.92. The molecule has 2 nitrogen and oxygen atoms in total. The minimum atomic E-state index is -0.706. The van der Waals surface area contributed by atoms with Gasteiger partial charge in [-0.05, 0) is 23.9 Å². The summed E-state index contributed by atoms with van der Waals surface area (Å²) in [6.45, 7) is 0. The Bertz CT molecular complexity index is 192. The van der Waals surface area contributed by atoms with Crippen molar-refractivity contribution in [3.05, 3.63) is 12.3 Å². The minimum absolute atomic E-state index is 0.326. The molecule has 0 amide bonds. The van der Waals surface area contributed by atoms with Crippen molar-refractivity contribution < 1.29 is 0 Å². The van der Waals surface area contributed by atoms with Crippen molar-refractivity contribution in [2.24, 2.45) is 4.99 Å². The maximum Gasteiger partial charge on any atom is 0.203 e. The van der Waals surface area contributed by atoms with Gasteiger partial charge in [0.05, 0.1) is 0 Å². The lowest BCUT2D eigenvalue weighted by Crippen LogP contribution is -2.23. The Hall–Kier alpha value is 0.140. The Kier molecular flexibility index (Phi) is 2.50. The first kappa shape index (κ1) is 8.24. The number of amidine groups is 1. The largest absolute Gasteiger partial charge is 0.337 e. The summed E-state index contributed by atoms with van der Waals surface area (Å²) in [4.78, 5) is 3.95. The number of nitrogens with zero attached hydrogens (tertiary/aromatic N) is 1. The van der Waals surface area contributed by atoms with Gasteiger partial charge >= 0.3 is 0 Å². The summed E-state index contributed by atoms with van der Waals surface area (Å²) in [7, 11) is 0. The number of alkyl halides is 1. The molecule has 1 rings (SSSR count). The van der Waals surface area contributed by atoms with E-state index in [0.717, 1.165) is 0 Å². The van der Waals surface area contributed by atoms with Crippen molar-refractivity contribution in [3.63, 3.8) is 0 Å². The van der Waals surface area contributed by atoms with E-state index in [9.17, 15) is 0 Å². The second-order valence-corrected chi connectivity index (χ2v) is 3.88. The zero-order valence-corrected chi connectivity index (χ0v) is 7.59. The summed E-state index contributed by atoms with van der Waals surface area (Å²) >= 11 is 12.9. The lowest BCUT2D eigenvalue weighted by Gasteiger charge is -2.19. The summed E-state index contributed by atoms with van der Waals surface area (Å²) in [5, 5.41) is 3.03. The molecule has 0 spiro atoms. The van der Waals surface area contributed by atoms with Gasteiger partial charge in [-0.15, -0.1) is 11.8 Å². The Labute approximate surface area is 73.7 Å². The van der Waals surface area contributed by atoms with Crippen molar-refractivity contribution in [3.8, 4) is 0 Å². The van der Waals surface area contributed by atoms with Crippen molar-refractivity contribution in [2.75, 3.05) is 6.26 Å². The first-order valence-corrected chi connectivity index (χ1v) is 4.58. The lowest BCUT2D eigenvalue weighted by molar-refractivity contribution is 1.00. The van der Waals surface area contributed by atoms with Gasteiger partial charge in [0.25, 0.3) is 0 Å². The molecule has 56 valence electrons. The Balaban J connectivity index is 2.78. The fraction of sp³-hybridized carbons (Fsp3) is 0.400. The highest BCUT2D eigenvalue weighted by molar-refractivity contribution is 8.01. The van der Waals surface area contributed by atoms with Crippen LogP contribution >= 0.6 is 35.0 Å². The topological polar surface area (TPSA) is 24.4 Å². The van der Waals surface area contributed by atoms with Crippen molar-refractivity contribution in [1.29, 1.82) is 0 Å². The normalized spacial score (nSPS) is 31.3. The van der Waals surface area contributed by atoms with Crippen LogP contribution in [0.5, 0.6) is 0 Å². The van der Waals surface area contributed by atoms with Gasteiger partial charge in [0.2, 0.25) is 4.33 Å². The van der Waals surface area contributed by atoms with Crippen LogP contribution < -0.4 is 5.32 Å². The SMILES string of the molecule is CSC1(Cl)C=CNC(Cl)=N1. The van der Waals surface area contributed by atoms with Crippen molar-refractivity contribution in [2.45, 2.75) is 4.33 Å². The number of halogens is 2. The molecule has 10 heavy (non-hydrogen) atoms. The van der Waals surface area contributed by atoms with Crippen LogP contribution in [0.2, 0.25) is 0 Å². The highest BCUT2D eigenvalue weighted by Crippen LogP contribution is 2.32. The molecular weight excluding hydrogens is 191 g/mol. The molecule has 5 heteroatoms. The molecule has 0 aliphatic carbocycles. The van der Waals surface area contributed by atoms with Gasteiger partial charge in [-0.25, -0.2) is 4.99 Å². The molecule has 0 aromatic rings. The molecule has 1 unspecified atom stereocenters. The number of nitrogens with one attached hydrogen (secondary N) is 1. The molecule has 1 aliphatic heterocycles. The van der Waals surface area contributed by atoms with Gasteiger partial charge in [0.1, 0.15) is 0 Å². The van der Waals surface area contributed by atoms with E-state index in [1.54, 1.807) is 12.3 Å². The number of rotatable bonds is 1. The summed E-state index contributed by atoms with van der Waals surface area (Å²) < 4.78 is -0.706. The van der Waals surface area contributed by atoms with Gasteiger partial charge in [-0.3, -0.25) is 0 Å². The predicted molar refractivity (Wildman–Crippen MR) is 47.7 cm³/mol. The number of hydrogen-bond donors (Lipinski definition) is 1. The second kappa shape index (κ2) is 3.03. The number of hydrogen-bond acceptors (Lipinski definition) is 3. The van der Waals surface area contributed by atoms with Crippen LogP contribution in [0.3, 0.4) is 0 Å². The van der Waals surface area contributed by atoms with E-state index in [1.807, 2.05) is 6.26 Å². The third kappa shape index (κ3) is 1.81. The minimum Gasteiger partial charge on any atom is -0.337 e. The Morgan fingerprint density at radius 1 is 1.80 bits per heavy atom. The fourth-order valence-electron chi connectivity index (χ4n) is 0.530. The summed E-state index contributed by atoms with van der Waals surface area (Å²) in [5.41, 5.74) is 0. The molecule has 1 heterocycles. The average Bonchev–Trinajstić information content (AvgIpc) is 1.88. The van der Waals surface area contributed by atoms with Crippen LogP contribution in [-0.2, 0) is 0 Å². The molecule has 0 radical (unpaired) electrons. The van der Waals surface area contributed by atoms with Crippen LogP contribution in [-0.4, -0.2) is 15.9 Å². The van der Waals surface area contributed by atoms with E-state index >= 15 is 0 Å². The molecule has 1 aliphatic rings. The van der Waals surface area contributed by atoms with E-state index in [4.69, 9.17) is 23.2 Å².